The SMILES string of the molecule is CCOC(=O)c1cc(C(F)F)c(CCl)cn1. The second kappa shape index (κ2) is 5.75. The monoisotopic (exact) mass is 249 g/mol. The minimum atomic E-state index is -2.69. The summed E-state index contributed by atoms with van der Waals surface area (Å²) in [6.07, 6.45) is -1.52. The number of esters is 1. The van der Waals surface area contributed by atoms with E-state index in [1.54, 1.807) is 6.92 Å². The Hall–Kier alpha value is -1.23. The molecule has 0 aromatic carbocycles. The van der Waals surface area contributed by atoms with Crippen molar-refractivity contribution in [2.75, 3.05) is 6.61 Å². The van der Waals surface area contributed by atoms with Crippen molar-refractivity contribution in [1.29, 1.82) is 0 Å². The summed E-state index contributed by atoms with van der Waals surface area (Å²) < 4.78 is 29.9. The second-order valence-corrected chi connectivity index (χ2v) is 3.19. The lowest BCUT2D eigenvalue weighted by atomic mass is 10.1. The van der Waals surface area contributed by atoms with E-state index in [1.165, 1.54) is 6.20 Å². The maximum atomic E-state index is 12.6. The molecule has 0 radical (unpaired) electrons. The van der Waals surface area contributed by atoms with Crippen LogP contribution in [0.2, 0.25) is 0 Å². The first-order valence-electron chi connectivity index (χ1n) is 4.60. The molecular weight excluding hydrogens is 240 g/mol. The van der Waals surface area contributed by atoms with Gasteiger partial charge < -0.3 is 4.74 Å². The van der Waals surface area contributed by atoms with E-state index in [-0.39, 0.29) is 29.3 Å². The van der Waals surface area contributed by atoms with Gasteiger partial charge in [0.2, 0.25) is 0 Å². The van der Waals surface area contributed by atoms with Gasteiger partial charge in [-0.1, -0.05) is 0 Å². The van der Waals surface area contributed by atoms with Crippen molar-refractivity contribution >= 4 is 17.6 Å². The Labute approximate surface area is 96.4 Å². The number of rotatable bonds is 4. The average molecular weight is 250 g/mol. The van der Waals surface area contributed by atoms with E-state index in [9.17, 15) is 13.6 Å². The highest BCUT2D eigenvalue weighted by Gasteiger charge is 2.17. The molecule has 6 heteroatoms. The molecule has 88 valence electrons. The van der Waals surface area contributed by atoms with Crippen LogP contribution in [-0.2, 0) is 10.6 Å². The van der Waals surface area contributed by atoms with Gasteiger partial charge in [0.1, 0.15) is 5.69 Å². The molecule has 1 rings (SSSR count). The lowest BCUT2D eigenvalue weighted by Gasteiger charge is -2.07. The van der Waals surface area contributed by atoms with Gasteiger partial charge in [0.25, 0.3) is 6.43 Å². The van der Waals surface area contributed by atoms with E-state index < -0.39 is 12.4 Å². The molecule has 16 heavy (non-hydrogen) atoms. The van der Waals surface area contributed by atoms with Crippen LogP contribution in [0.25, 0.3) is 0 Å². The third kappa shape index (κ3) is 2.88. The van der Waals surface area contributed by atoms with Crippen molar-refractivity contribution in [2.24, 2.45) is 0 Å². The third-order valence-electron chi connectivity index (χ3n) is 1.89. The fraction of sp³-hybridized carbons (Fsp3) is 0.400. The molecule has 0 amide bonds. The summed E-state index contributed by atoms with van der Waals surface area (Å²) in [5, 5.41) is 0. The van der Waals surface area contributed by atoms with Crippen LogP contribution < -0.4 is 0 Å². The van der Waals surface area contributed by atoms with Crippen LogP contribution in [0, 0.1) is 0 Å². The zero-order valence-electron chi connectivity index (χ0n) is 8.54. The lowest BCUT2D eigenvalue weighted by molar-refractivity contribution is 0.0519. The maximum absolute atomic E-state index is 12.6. The lowest BCUT2D eigenvalue weighted by Crippen LogP contribution is -2.09. The Morgan fingerprint density at radius 2 is 2.31 bits per heavy atom. The number of alkyl halides is 3. The summed E-state index contributed by atoms with van der Waals surface area (Å²) in [5.41, 5.74) is -0.205. The molecule has 3 nitrogen and oxygen atoms in total. The molecule has 0 spiro atoms. The number of carbonyl (C=O) groups is 1. The van der Waals surface area contributed by atoms with Crippen LogP contribution in [0.4, 0.5) is 8.78 Å². The van der Waals surface area contributed by atoms with Gasteiger partial charge in [-0.25, -0.2) is 18.6 Å². The molecule has 1 aromatic heterocycles. The van der Waals surface area contributed by atoms with Crippen molar-refractivity contribution < 1.29 is 18.3 Å². The molecule has 0 bridgehead atoms. The quantitative estimate of drug-likeness (QED) is 0.608. The molecule has 0 saturated heterocycles. The Morgan fingerprint density at radius 1 is 1.62 bits per heavy atom. The standard InChI is InChI=1S/C10H10ClF2NO2/c1-2-16-10(15)8-3-7(9(12)13)6(4-11)5-14-8/h3,5,9H,2,4H2,1H3. The summed E-state index contributed by atoms with van der Waals surface area (Å²) in [6.45, 7) is 1.79. The zero-order chi connectivity index (χ0) is 12.1. The molecule has 0 unspecified atom stereocenters. The Balaban J connectivity index is 3.06. The number of nitrogens with zero attached hydrogens (tertiary/aromatic N) is 1. The molecule has 1 heterocycles. The van der Waals surface area contributed by atoms with Crippen molar-refractivity contribution in [2.45, 2.75) is 19.2 Å². The van der Waals surface area contributed by atoms with Gasteiger partial charge >= 0.3 is 5.97 Å². The van der Waals surface area contributed by atoms with E-state index in [0.29, 0.717) is 0 Å². The molecule has 0 atom stereocenters. The first-order chi connectivity index (χ1) is 7.60. The summed E-state index contributed by atoms with van der Waals surface area (Å²) in [5.74, 6) is -0.791. The minimum absolute atomic E-state index is 0.0736. The zero-order valence-corrected chi connectivity index (χ0v) is 9.30. The Bertz CT molecular complexity index is 385. The summed E-state index contributed by atoms with van der Waals surface area (Å²) in [4.78, 5) is 15.0. The van der Waals surface area contributed by atoms with Gasteiger partial charge in [-0.15, -0.1) is 11.6 Å². The van der Waals surface area contributed by atoms with Gasteiger partial charge in [0.05, 0.1) is 6.61 Å². The van der Waals surface area contributed by atoms with E-state index in [1.807, 2.05) is 0 Å². The summed E-state index contributed by atoms with van der Waals surface area (Å²) in [6, 6.07) is 1.01. The van der Waals surface area contributed by atoms with Crippen molar-refractivity contribution in [1.82, 2.24) is 4.98 Å². The number of hydrogen-bond acceptors (Lipinski definition) is 3. The van der Waals surface area contributed by atoms with Gasteiger partial charge in [0.15, 0.2) is 0 Å². The van der Waals surface area contributed by atoms with E-state index in [2.05, 4.69) is 9.72 Å². The smallest absolute Gasteiger partial charge is 0.356 e. The first kappa shape index (κ1) is 12.8. The maximum Gasteiger partial charge on any atom is 0.356 e. The van der Waals surface area contributed by atoms with Crippen LogP contribution in [0.15, 0.2) is 12.3 Å². The Kier molecular flexibility index (Phi) is 4.61. The van der Waals surface area contributed by atoms with Crippen LogP contribution in [0.5, 0.6) is 0 Å². The van der Waals surface area contributed by atoms with Crippen LogP contribution >= 0.6 is 11.6 Å². The topological polar surface area (TPSA) is 39.2 Å². The normalized spacial score (nSPS) is 10.6. The van der Waals surface area contributed by atoms with Crippen LogP contribution in [0.3, 0.4) is 0 Å². The first-order valence-corrected chi connectivity index (χ1v) is 5.13. The highest BCUT2D eigenvalue weighted by atomic mass is 35.5. The number of carbonyl (C=O) groups excluding carboxylic acids is 1. The van der Waals surface area contributed by atoms with Gasteiger partial charge in [-0.2, -0.15) is 0 Å². The molecule has 1 aromatic rings. The number of aromatic nitrogens is 1. The molecular formula is C10H10ClF2NO2. The molecule has 0 aliphatic heterocycles. The van der Waals surface area contributed by atoms with Gasteiger partial charge in [-0.3, -0.25) is 0 Å². The Morgan fingerprint density at radius 3 is 2.81 bits per heavy atom. The highest BCUT2D eigenvalue weighted by Crippen LogP contribution is 2.24. The number of hydrogen-bond donors (Lipinski definition) is 0. The predicted octanol–water partition coefficient (Wildman–Crippen LogP) is 2.93. The second-order valence-electron chi connectivity index (χ2n) is 2.92. The molecule has 0 fully saturated rings. The highest BCUT2D eigenvalue weighted by molar-refractivity contribution is 6.17. The number of halogens is 3. The van der Waals surface area contributed by atoms with E-state index in [0.717, 1.165) is 6.07 Å². The minimum Gasteiger partial charge on any atom is -0.461 e. The van der Waals surface area contributed by atoms with E-state index in [4.69, 9.17) is 11.6 Å². The molecule has 0 N–H and O–H groups in total. The summed E-state index contributed by atoms with van der Waals surface area (Å²) in [7, 11) is 0. The molecule has 0 aliphatic carbocycles. The van der Waals surface area contributed by atoms with E-state index >= 15 is 0 Å². The van der Waals surface area contributed by atoms with Crippen molar-refractivity contribution in [3.8, 4) is 0 Å². The molecule has 0 aliphatic rings. The van der Waals surface area contributed by atoms with Gasteiger partial charge in [0, 0.05) is 17.6 Å². The predicted molar refractivity (Wildman–Crippen MR) is 54.7 cm³/mol. The third-order valence-corrected chi connectivity index (χ3v) is 2.17. The van der Waals surface area contributed by atoms with Crippen molar-refractivity contribution in [3.63, 3.8) is 0 Å². The van der Waals surface area contributed by atoms with Crippen LogP contribution in [-0.4, -0.2) is 17.6 Å². The fourth-order valence-corrected chi connectivity index (χ4v) is 1.35. The molecule has 0 saturated carbocycles. The number of pyridine rings is 1. The average Bonchev–Trinajstić information content (AvgIpc) is 2.28. The van der Waals surface area contributed by atoms with Gasteiger partial charge in [-0.05, 0) is 18.6 Å². The fourth-order valence-electron chi connectivity index (χ4n) is 1.13. The van der Waals surface area contributed by atoms with Crippen LogP contribution in [0.1, 0.15) is 35.0 Å². The largest absolute Gasteiger partial charge is 0.461 e. The van der Waals surface area contributed by atoms with Crippen molar-refractivity contribution in [3.05, 3.63) is 29.1 Å². The number of ether oxygens (including phenoxy) is 1. The summed E-state index contributed by atoms with van der Waals surface area (Å²) >= 11 is 5.48.